The third-order valence-electron chi connectivity index (χ3n) is 0.371. The zero-order valence-electron chi connectivity index (χ0n) is 4.93. The Morgan fingerprint density at radius 2 is 1.88 bits per heavy atom. The highest BCUT2D eigenvalue weighted by Gasteiger charge is 1.61. The Hall–Kier alpha value is -0.420. The lowest BCUT2D eigenvalue weighted by molar-refractivity contribution is 0.803. The first-order chi connectivity index (χ1) is 3.83. The lowest BCUT2D eigenvalue weighted by Gasteiger charge is -1.74. The summed E-state index contributed by atoms with van der Waals surface area (Å²) in [5.41, 5.74) is 6.82. The molecule has 0 bridgehead atoms. The van der Waals surface area contributed by atoms with Crippen molar-refractivity contribution in [3.63, 3.8) is 0 Å². The summed E-state index contributed by atoms with van der Waals surface area (Å²) in [4.78, 5) is 0. The van der Waals surface area contributed by atoms with E-state index in [1.807, 2.05) is 0 Å². The summed E-state index contributed by atoms with van der Waals surface area (Å²) in [5.74, 6) is 8.75. The molecular formula is C4H14N4. The van der Waals surface area contributed by atoms with Crippen molar-refractivity contribution in [2.24, 2.45) is 17.4 Å². The van der Waals surface area contributed by atoms with Gasteiger partial charge in [0, 0.05) is 0 Å². The van der Waals surface area contributed by atoms with E-state index in [-0.39, 0.29) is 0 Å². The second-order valence-electron chi connectivity index (χ2n) is 1.03. The standard InChI is InChI=1S/C4H9N.H5N3/c1-2-3-4-5;1-3-2/h2H,1,3-5H2;3H,1-2H2. The fourth-order valence-electron chi connectivity index (χ4n) is 0.118. The van der Waals surface area contributed by atoms with E-state index in [0.717, 1.165) is 13.0 Å². The fraction of sp³-hybridized carbons (Fsp3) is 0.500. The molecule has 0 aliphatic carbocycles. The van der Waals surface area contributed by atoms with Crippen LogP contribution in [0.15, 0.2) is 12.7 Å². The van der Waals surface area contributed by atoms with Gasteiger partial charge in [-0.3, -0.25) is 11.7 Å². The summed E-state index contributed by atoms with van der Waals surface area (Å²) >= 11 is 0. The fourth-order valence-corrected chi connectivity index (χ4v) is 0.118. The maximum atomic E-state index is 5.07. The topological polar surface area (TPSA) is 90.1 Å². The summed E-state index contributed by atoms with van der Waals surface area (Å²) in [5, 5.41) is 0. The normalized spacial score (nSPS) is 6.88. The van der Waals surface area contributed by atoms with Crippen LogP contribution in [0.1, 0.15) is 6.42 Å². The van der Waals surface area contributed by atoms with Gasteiger partial charge in [-0.25, -0.2) is 0 Å². The Morgan fingerprint density at radius 3 is 1.88 bits per heavy atom. The lowest BCUT2D eigenvalue weighted by Crippen LogP contribution is -2.29. The van der Waals surface area contributed by atoms with Crippen molar-refractivity contribution in [3.05, 3.63) is 12.7 Å². The highest BCUT2D eigenvalue weighted by molar-refractivity contribution is 4.64. The molecule has 0 amide bonds. The SMILES string of the molecule is C=CCCN.NNN. The average Bonchev–Trinajstić information content (AvgIpc) is 1.71. The molecule has 8 heavy (non-hydrogen) atoms. The van der Waals surface area contributed by atoms with Crippen LogP contribution in [0.5, 0.6) is 0 Å². The van der Waals surface area contributed by atoms with Gasteiger partial charge < -0.3 is 5.73 Å². The third kappa shape index (κ3) is 46.9. The van der Waals surface area contributed by atoms with Gasteiger partial charge in [-0.15, -0.1) is 6.58 Å². The van der Waals surface area contributed by atoms with E-state index in [0.29, 0.717) is 0 Å². The van der Waals surface area contributed by atoms with Crippen molar-refractivity contribution in [1.29, 1.82) is 0 Å². The van der Waals surface area contributed by atoms with Crippen molar-refractivity contribution in [1.82, 2.24) is 5.53 Å². The van der Waals surface area contributed by atoms with Gasteiger partial charge in [-0.05, 0) is 13.0 Å². The van der Waals surface area contributed by atoms with Gasteiger partial charge >= 0.3 is 0 Å². The molecule has 0 aromatic carbocycles. The second kappa shape index (κ2) is 16.0. The number of hydrogen-bond donors (Lipinski definition) is 4. The number of rotatable bonds is 2. The predicted molar refractivity (Wildman–Crippen MR) is 35.4 cm³/mol. The Balaban J connectivity index is 0. The van der Waals surface area contributed by atoms with Crippen molar-refractivity contribution in [2.75, 3.05) is 6.54 Å². The van der Waals surface area contributed by atoms with Gasteiger partial charge in [-0.1, -0.05) is 6.08 Å². The molecule has 0 radical (unpaired) electrons. The molecule has 4 nitrogen and oxygen atoms in total. The first-order valence-corrected chi connectivity index (χ1v) is 2.30. The highest BCUT2D eigenvalue weighted by atomic mass is 15.4. The molecule has 0 spiro atoms. The van der Waals surface area contributed by atoms with Crippen molar-refractivity contribution in [2.45, 2.75) is 6.42 Å². The molecule has 7 N–H and O–H groups in total. The van der Waals surface area contributed by atoms with E-state index in [4.69, 9.17) is 5.73 Å². The lowest BCUT2D eigenvalue weighted by atomic mass is 10.4. The quantitative estimate of drug-likeness (QED) is 0.209. The summed E-state index contributed by atoms with van der Waals surface area (Å²) in [7, 11) is 0. The van der Waals surface area contributed by atoms with Crippen molar-refractivity contribution >= 4 is 0 Å². The Labute approximate surface area is 49.7 Å². The molecule has 0 atom stereocenters. The van der Waals surface area contributed by atoms with E-state index >= 15 is 0 Å². The van der Waals surface area contributed by atoms with E-state index in [1.54, 1.807) is 11.6 Å². The minimum Gasteiger partial charge on any atom is -0.330 e. The predicted octanol–water partition coefficient (Wildman–Crippen LogP) is -1.16. The number of nitrogens with two attached hydrogens (primary N) is 3. The van der Waals surface area contributed by atoms with Gasteiger partial charge in [0.2, 0.25) is 0 Å². The molecule has 0 aliphatic rings. The Bertz CT molecular complexity index is 37.0. The molecule has 0 heterocycles. The molecule has 0 rings (SSSR count). The second-order valence-corrected chi connectivity index (χ2v) is 1.03. The molecule has 4 heteroatoms. The van der Waals surface area contributed by atoms with E-state index in [1.165, 1.54) is 0 Å². The average molecular weight is 118 g/mol. The van der Waals surface area contributed by atoms with Gasteiger partial charge in [0.05, 0.1) is 0 Å². The highest BCUT2D eigenvalue weighted by Crippen LogP contribution is 1.66. The third-order valence-corrected chi connectivity index (χ3v) is 0.371. The molecule has 0 saturated heterocycles. The van der Waals surface area contributed by atoms with E-state index in [2.05, 4.69) is 18.3 Å². The summed E-state index contributed by atoms with van der Waals surface area (Å²) in [6.45, 7) is 4.20. The van der Waals surface area contributed by atoms with Gasteiger partial charge in [0.1, 0.15) is 0 Å². The number of hydrogen-bond acceptors (Lipinski definition) is 4. The van der Waals surface area contributed by atoms with Crippen LogP contribution in [0.4, 0.5) is 0 Å². The first-order valence-electron chi connectivity index (χ1n) is 2.30. The molecule has 0 aromatic rings. The van der Waals surface area contributed by atoms with Crippen LogP contribution in [0, 0.1) is 0 Å². The Kier molecular flexibility index (Phi) is 21.1. The van der Waals surface area contributed by atoms with E-state index in [9.17, 15) is 0 Å². The summed E-state index contributed by atoms with van der Waals surface area (Å²) < 4.78 is 0. The zero-order chi connectivity index (χ0) is 6.83. The first kappa shape index (κ1) is 10.5. The van der Waals surface area contributed by atoms with Crippen molar-refractivity contribution in [3.8, 4) is 0 Å². The Morgan fingerprint density at radius 1 is 1.50 bits per heavy atom. The molecule has 50 valence electrons. The molecule has 0 fully saturated rings. The molecule has 0 saturated carbocycles. The molecule has 0 unspecified atom stereocenters. The van der Waals surface area contributed by atoms with Gasteiger partial charge in [0.15, 0.2) is 0 Å². The van der Waals surface area contributed by atoms with Gasteiger partial charge in [-0.2, -0.15) is 5.53 Å². The maximum absolute atomic E-state index is 5.07. The monoisotopic (exact) mass is 118 g/mol. The summed E-state index contributed by atoms with van der Waals surface area (Å²) in [6.07, 6.45) is 2.74. The van der Waals surface area contributed by atoms with Crippen LogP contribution in [0.3, 0.4) is 0 Å². The minimum atomic E-state index is 0.726. The minimum absolute atomic E-state index is 0.726. The van der Waals surface area contributed by atoms with Crippen LogP contribution in [0.25, 0.3) is 0 Å². The van der Waals surface area contributed by atoms with Crippen LogP contribution in [0.2, 0.25) is 0 Å². The molecular weight excluding hydrogens is 104 g/mol. The van der Waals surface area contributed by atoms with E-state index < -0.39 is 0 Å². The van der Waals surface area contributed by atoms with Crippen molar-refractivity contribution < 1.29 is 0 Å². The van der Waals surface area contributed by atoms with Gasteiger partial charge in [0.25, 0.3) is 0 Å². The van der Waals surface area contributed by atoms with Crippen LogP contribution >= 0.6 is 0 Å². The van der Waals surface area contributed by atoms with Crippen LogP contribution < -0.4 is 23.0 Å². The molecule has 0 aromatic heterocycles. The number of hydrazine groups is 2. The largest absolute Gasteiger partial charge is 0.330 e. The number of nitrogens with one attached hydrogen (secondary N) is 1. The summed E-state index contributed by atoms with van der Waals surface area (Å²) in [6, 6.07) is 0. The maximum Gasteiger partial charge on any atom is -0.00427 e. The smallest absolute Gasteiger partial charge is 0.00427 e. The zero-order valence-corrected chi connectivity index (χ0v) is 4.93. The van der Waals surface area contributed by atoms with Crippen LogP contribution in [-0.2, 0) is 0 Å². The van der Waals surface area contributed by atoms with Crippen LogP contribution in [-0.4, -0.2) is 6.54 Å². The molecule has 0 aliphatic heterocycles.